The topological polar surface area (TPSA) is 40.0 Å². The second kappa shape index (κ2) is 7.16. The van der Waals surface area contributed by atoms with E-state index in [9.17, 15) is 0 Å². The summed E-state index contributed by atoms with van der Waals surface area (Å²) in [6.07, 6.45) is 8.35. The summed E-state index contributed by atoms with van der Waals surface area (Å²) in [6, 6.07) is 1.17. The molecule has 1 aliphatic rings. The molecule has 0 aromatic heterocycles. The van der Waals surface area contributed by atoms with Gasteiger partial charge in [-0.2, -0.15) is 0 Å². The summed E-state index contributed by atoms with van der Waals surface area (Å²) in [5, 5.41) is 0. The van der Waals surface area contributed by atoms with Crippen molar-refractivity contribution in [1.82, 2.24) is 0 Å². The first kappa shape index (κ1) is 13.8. The van der Waals surface area contributed by atoms with Crippen molar-refractivity contribution in [2.24, 2.45) is 4.99 Å². The fourth-order valence-corrected chi connectivity index (χ4v) is 3.37. The molecule has 1 rings (SSSR count). The van der Waals surface area contributed by atoms with Crippen molar-refractivity contribution in [3.63, 3.8) is 0 Å². The Morgan fingerprint density at radius 3 is 2.12 bits per heavy atom. The van der Waals surface area contributed by atoms with Crippen molar-refractivity contribution >= 4 is 15.0 Å². The van der Waals surface area contributed by atoms with Gasteiger partial charge < -0.3 is 13.3 Å². The molecule has 0 saturated heterocycles. The number of rotatable bonds is 6. The second-order valence-electron chi connectivity index (χ2n) is 4.12. The zero-order valence-electron chi connectivity index (χ0n) is 10.6. The van der Waals surface area contributed by atoms with E-state index >= 15 is 0 Å². The summed E-state index contributed by atoms with van der Waals surface area (Å²) >= 11 is 0. The molecule has 0 N–H and O–H groups in total. The van der Waals surface area contributed by atoms with E-state index in [1.807, 2.05) is 6.21 Å². The SMILES string of the molecule is CO[Si](CC=NC1CCCCC1)(OC)OC. The van der Waals surface area contributed by atoms with Gasteiger partial charge in [0.1, 0.15) is 0 Å². The van der Waals surface area contributed by atoms with E-state index in [-0.39, 0.29) is 0 Å². The molecule has 0 aliphatic heterocycles. The molecule has 94 valence electrons. The van der Waals surface area contributed by atoms with Crippen LogP contribution in [0.4, 0.5) is 0 Å². The summed E-state index contributed by atoms with van der Waals surface area (Å²) in [7, 11) is 2.45. The third kappa shape index (κ3) is 3.97. The highest BCUT2D eigenvalue weighted by atomic mass is 28.4. The summed E-state index contributed by atoms with van der Waals surface area (Å²) in [5.41, 5.74) is 0. The molecule has 0 aromatic carbocycles. The lowest BCUT2D eigenvalue weighted by molar-refractivity contribution is 0.128. The van der Waals surface area contributed by atoms with Crippen LogP contribution in [0.5, 0.6) is 0 Å². The maximum atomic E-state index is 5.33. The van der Waals surface area contributed by atoms with Crippen LogP contribution in [0.1, 0.15) is 32.1 Å². The normalized spacial score (nSPS) is 19.4. The minimum atomic E-state index is -2.45. The van der Waals surface area contributed by atoms with Crippen LogP contribution in [0, 0.1) is 0 Å². The molecule has 16 heavy (non-hydrogen) atoms. The van der Waals surface area contributed by atoms with Gasteiger partial charge in [-0.25, -0.2) is 0 Å². The second-order valence-corrected chi connectivity index (χ2v) is 7.12. The van der Waals surface area contributed by atoms with Crippen molar-refractivity contribution in [3.05, 3.63) is 0 Å². The molecule has 0 aromatic rings. The quantitative estimate of drug-likeness (QED) is 0.532. The summed E-state index contributed by atoms with van der Waals surface area (Å²) in [6.45, 7) is 0. The fourth-order valence-electron chi connectivity index (χ4n) is 2.04. The average molecular weight is 245 g/mol. The molecule has 0 heterocycles. The van der Waals surface area contributed by atoms with Crippen molar-refractivity contribution in [2.45, 2.75) is 44.2 Å². The van der Waals surface area contributed by atoms with Crippen molar-refractivity contribution < 1.29 is 13.3 Å². The van der Waals surface area contributed by atoms with E-state index in [2.05, 4.69) is 4.99 Å². The molecule has 0 spiro atoms. The third-order valence-corrected chi connectivity index (χ3v) is 5.71. The third-order valence-electron chi connectivity index (χ3n) is 3.17. The first-order valence-corrected chi connectivity index (χ1v) is 7.86. The van der Waals surface area contributed by atoms with Gasteiger partial charge in [-0.3, -0.25) is 4.99 Å². The van der Waals surface area contributed by atoms with Crippen LogP contribution in [0.25, 0.3) is 0 Å². The van der Waals surface area contributed by atoms with E-state index in [0.717, 1.165) is 0 Å². The highest BCUT2D eigenvalue weighted by Crippen LogP contribution is 2.20. The molecule has 1 saturated carbocycles. The smallest absolute Gasteiger partial charge is 0.377 e. The van der Waals surface area contributed by atoms with Gasteiger partial charge in [0.25, 0.3) is 0 Å². The van der Waals surface area contributed by atoms with Gasteiger partial charge in [-0.1, -0.05) is 19.3 Å². The molecule has 0 atom stereocenters. The highest BCUT2D eigenvalue weighted by Gasteiger charge is 2.36. The van der Waals surface area contributed by atoms with Crippen molar-refractivity contribution in [3.8, 4) is 0 Å². The Morgan fingerprint density at radius 1 is 1.06 bits per heavy atom. The first-order chi connectivity index (χ1) is 7.76. The lowest BCUT2D eigenvalue weighted by Crippen LogP contribution is -2.43. The molecule has 0 unspecified atom stereocenters. The Hall–Kier alpha value is -0.233. The number of nitrogens with zero attached hydrogens (tertiary/aromatic N) is 1. The Morgan fingerprint density at radius 2 is 1.62 bits per heavy atom. The van der Waals surface area contributed by atoms with E-state index in [0.29, 0.717) is 12.1 Å². The Balaban J connectivity index is 2.38. The fraction of sp³-hybridized carbons (Fsp3) is 0.909. The predicted octanol–water partition coefficient (Wildman–Crippen LogP) is 2.27. The summed E-state index contributed by atoms with van der Waals surface area (Å²) in [4.78, 5) is 4.58. The standard InChI is InChI=1S/C11H23NO3Si/c1-13-16(14-2,15-3)10-9-12-11-7-5-4-6-8-11/h9,11H,4-8,10H2,1-3H3. The molecular formula is C11H23NO3Si. The summed E-state index contributed by atoms with van der Waals surface area (Å²) < 4.78 is 16.0. The van der Waals surface area contributed by atoms with Crippen LogP contribution in [0.15, 0.2) is 4.99 Å². The Labute approximate surface area is 99.4 Å². The molecule has 4 nitrogen and oxygen atoms in total. The van der Waals surface area contributed by atoms with Crippen LogP contribution in [-0.2, 0) is 13.3 Å². The van der Waals surface area contributed by atoms with Crippen molar-refractivity contribution in [1.29, 1.82) is 0 Å². The minimum absolute atomic E-state index is 0.506. The van der Waals surface area contributed by atoms with Crippen LogP contribution < -0.4 is 0 Å². The molecule has 1 aliphatic carbocycles. The van der Waals surface area contributed by atoms with E-state index in [1.54, 1.807) is 21.3 Å². The van der Waals surface area contributed by atoms with Crippen LogP contribution in [0.2, 0.25) is 6.04 Å². The predicted molar refractivity (Wildman–Crippen MR) is 67.0 cm³/mol. The number of aliphatic imine (C=N–C) groups is 1. The van der Waals surface area contributed by atoms with Crippen LogP contribution in [0.3, 0.4) is 0 Å². The van der Waals surface area contributed by atoms with Crippen LogP contribution in [-0.4, -0.2) is 42.4 Å². The number of hydrogen-bond donors (Lipinski definition) is 0. The maximum absolute atomic E-state index is 5.33. The van der Waals surface area contributed by atoms with Crippen molar-refractivity contribution in [2.75, 3.05) is 21.3 Å². The minimum Gasteiger partial charge on any atom is -0.377 e. The molecule has 1 fully saturated rings. The van der Waals surface area contributed by atoms with Gasteiger partial charge >= 0.3 is 8.80 Å². The molecule has 5 heteroatoms. The van der Waals surface area contributed by atoms with Gasteiger partial charge in [-0.15, -0.1) is 0 Å². The number of hydrogen-bond acceptors (Lipinski definition) is 4. The monoisotopic (exact) mass is 245 g/mol. The molecular weight excluding hydrogens is 222 g/mol. The first-order valence-electron chi connectivity index (χ1n) is 5.93. The lowest BCUT2D eigenvalue weighted by atomic mass is 9.96. The van der Waals surface area contributed by atoms with E-state index in [1.165, 1.54) is 32.1 Å². The van der Waals surface area contributed by atoms with Gasteiger partial charge in [-0.05, 0) is 12.8 Å². The summed E-state index contributed by atoms with van der Waals surface area (Å²) in [5.74, 6) is 0. The van der Waals surface area contributed by atoms with Crippen LogP contribution >= 0.6 is 0 Å². The van der Waals surface area contributed by atoms with E-state index < -0.39 is 8.80 Å². The zero-order chi connectivity index (χ0) is 11.9. The van der Waals surface area contributed by atoms with E-state index in [4.69, 9.17) is 13.3 Å². The zero-order valence-corrected chi connectivity index (χ0v) is 11.6. The molecule has 0 radical (unpaired) electrons. The van der Waals surface area contributed by atoms with Gasteiger partial charge in [0, 0.05) is 33.6 Å². The molecule has 0 bridgehead atoms. The largest absolute Gasteiger partial charge is 0.505 e. The maximum Gasteiger partial charge on any atom is 0.505 e. The Bertz CT molecular complexity index is 205. The molecule has 0 amide bonds. The lowest BCUT2D eigenvalue weighted by Gasteiger charge is -2.23. The average Bonchev–Trinajstić information content (AvgIpc) is 2.37. The van der Waals surface area contributed by atoms with Gasteiger partial charge in [0.15, 0.2) is 0 Å². The highest BCUT2D eigenvalue weighted by molar-refractivity contribution is 6.63. The Kier molecular flexibility index (Phi) is 6.19. The van der Waals surface area contributed by atoms with Gasteiger partial charge in [0.05, 0.1) is 6.04 Å². The van der Waals surface area contributed by atoms with Gasteiger partial charge in [0.2, 0.25) is 0 Å².